The van der Waals surface area contributed by atoms with Crippen molar-refractivity contribution >= 4 is 5.91 Å². The number of unbranched alkanes of at least 4 members (excludes halogenated alkanes) is 1. The molecule has 0 radical (unpaired) electrons. The number of nitrogens with zero attached hydrogens (tertiary/aromatic N) is 2. The SMILES string of the molecule is CCCCC(=O)N(CC#N)CCC. The smallest absolute Gasteiger partial charge is 0.223 e. The van der Waals surface area contributed by atoms with Gasteiger partial charge in [0.25, 0.3) is 0 Å². The lowest BCUT2D eigenvalue weighted by Gasteiger charge is -2.18. The molecule has 0 aliphatic carbocycles. The van der Waals surface area contributed by atoms with Crippen molar-refractivity contribution in [2.75, 3.05) is 13.1 Å². The lowest BCUT2D eigenvalue weighted by molar-refractivity contribution is -0.130. The van der Waals surface area contributed by atoms with Gasteiger partial charge in [0.1, 0.15) is 6.54 Å². The molecule has 0 atom stereocenters. The van der Waals surface area contributed by atoms with Crippen LogP contribution in [-0.2, 0) is 4.79 Å². The average Bonchev–Trinajstić information content (AvgIpc) is 2.14. The third-order valence-electron chi connectivity index (χ3n) is 1.85. The first-order chi connectivity index (χ1) is 6.26. The second kappa shape index (κ2) is 7.60. The molecule has 0 unspecified atom stereocenters. The fourth-order valence-corrected chi connectivity index (χ4v) is 1.13. The molecule has 0 N–H and O–H groups in total. The van der Waals surface area contributed by atoms with Crippen LogP contribution in [0.1, 0.15) is 39.5 Å². The Balaban J connectivity index is 3.89. The number of amides is 1. The van der Waals surface area contributed by atoms with E-state index in [1.807, 2.05) is 13.0 Å². The molecule has 3 heteroatoms. The largest absolute Gasteiger partial charge is 0.329 e. The molecule has 0 heterocycles. The Bertz CT molecular complexity index is 184. The first kappa shape index (κ1) is 12.0. The Morgan fingerprint density at radius 1 is 1.38 bits per heavy atom. The van der Waals surface area contributed by atoms with E-state index in [0.29, 0.717) is 13.0 Å². The molecule has 0 bridgehead atoms. The normalized spacial score (nSPS) is 9.31. The van der Waals surface area contributed by atoms with E-state index < -0.39 is 0 Å². The average molecular weight is 182 g/mol. The van der Waals surface area contributed by atoms with Crippen LogP contribution in [0, 0.1) is 11.3 Å². The van der Waals surface area contributed by atoms with Crippen molar-refractivity contribution in [3.63, 3.8) is 0 Å². The number of carbonyl (C=O) groups is 1. The van der Waals surface area contributed by atoms with E-state index >= 15 is 0 Å². The van der Waals surface area contributed by atoms with Gasteiger partial charge in [0, 0.05) is 13.0 Å². The maximum atomic E-state index is 11.5. The Kier molecular flexibility index (Phi) is 6.99. The summed E-state index contributed by atoms with van der Waals surface area (Å²) in [6.07, 6.45) is 3.44. The summed E-state index contributed by atoms with van der Waals surface area (Å²) in [5, 5.41) is 8.49. The summed E-state index contributed by atoms with van der Waals surface area (Å²) in [6.45, 7) is 5.01. The minimum atomic E-state index is 0.116. The standard InChI is InChI=1S/C10H18N2O/c1-3-5-6-10(13)12(8-4-2)9-7-11/h3-6,8-9H2,1-2H3. The molecule has 0 rings (SSSR count). The van der Waals surface area contributed by atoms with E-state index in [4.69, 9.17) is 5.26 Å². The highest BCUT2D eigenvalue weighted by atomic mass is 16.2. The van der Waals surface area contributed by atoms with Crippen LogP contribution in [0.3, 0.4) is 0 Å². The maximum absolute atomic E-state index is 11.5. The number of hydrogen-bond donors (Lipinski definition) is 0. The molecule has 0 spiro atoms. The fourth-order valence-electron chi connectivity index (χ4n) is 1.13. The molecule has 13 heavy (non-hydrogen) atoms. The molecule has 0 aliphatic rings. The third-order valence-corrected chi connectivity index (χ3v) is 1.85. The van der Waals surface area contributed by atoms with Crippen molar-refractivity contribution in [1.82, 2.24) is 4.90 Å². The molecular formula is C10H18N2O. The van der Waals surface area contributed by atoms with Gasteiger partial charge in [-0.15, -0.1) is 0 Å². The van der Waals surface area contributed by atoms with Crippen LogP contribution in [0.25, 0.3) is 0 Å². The molecule has 0 saturated carbocycles. The van der Waals surface area contributed by atoms with Gasteiger partial charge in [-0.2, -0.15) is 5.26 Å². The lowest BCUT2D eigenvalue weighted by atomic mass is 10.2. The van der Waals surface area contributed by atoms with Gasteiger partial charge >= 0.3 is 0 Å². The second-order valence-corrected chi connectivity index (χ2v) is 3.08. The number of rotatable bonds is 6. The van der Waals surface area contributed by atoms with Gasteiger partial charge in [-0.3, -0.25) is 4.79 Å². The molecule has 0 aliphatic heterocycles. The Hall–Kier alpha value is -1.04. The highest BCUT2D eigenvalue weighted by Gasteiger charge is 2.10. The topological polar surface area (TPSA) is 44.1 Å². The van der Waals surface area contributed by atoms with Gasteiger partial charge < -0.3 is 4.90 Å². The Labute approximate surface area is 80.3 Å². The summed E-state index contributed by atoms with van der Waals surface area (Å²) in [5.41, 5.74) is 0. The van der Waals surface area contributed by atoms with Crippen LogP contribution in [-0.4, -0.2) is 23.9 Å². The maximum Gasteiger partial charge on any atom is 0.223 e. The predicted octanol–water partition coefficient (Wildman–Crippen LogP) is 1.94. The lowest BCUT2D eigenvalue weighted by Crippen LogP contribution is -2.31. The van der Waals surface area contributed by atoms with Crippen LogP contribution >= 0.6 is 0 Å². The van der Waals surface area contributed by atoms with Crippen molar-refractivity contribution in [3.05, 3.63) is 0 Å². The molecule has 0 fully saturated rings. The van der Waals surface area contributed by atoms with Crippen LogP contribution in [0.5, 0.6) is 0 Å². The summed E-state index contributed by atoms with van der Waals surface area (Å²) in [5.74, 6) is 0.116. The number of carbonyl (C=O) groups excluding carboxylic acids is 1. The molecule has 0 aromatic carbocycles. The van der Waals surface area contributed by atoms with Crippen LogP contribution in [0.2, 0.25) is 0 Å². The van der Waals surface area contributed by atoms with Gasteiger partial charge in [0.2, 0.25) is 5.91 Å². The zero-order valence-electron chi connectivity index (χ0n) is 8.55. The van der Waals surface area contributed by atoms with E-state index in [9.17, 15) is 4.79 Å². The molecule has 3 nitrogen and oxygen atoms in total. The van der Waals surface area contributed by atoms with Gasteiger partial charge in [0.05, 0.1) is 6.07 Å². The van der Waals surface area contributed by atoms with E-state index in [1.54, 1.807) is 4.90 Å². The zero-order valence-corrected chi connectivity index (χ0v) is 8.55. The Morgan fingerprint density at radius 3 is 2.54 bits per heavy atom. The monoisotopic (exact) mass is 182 g/mol. The van der Waals surface area contributed by atoms with Gasteiger partial charge in [0.15, 0.2) is 0 Å². The number of hydrogen-bond acceptors (Lipinski definition) is 2. The minimum Gasteiger partial charge on any atom is -0.329 e. The van der Waals surface area contributed by atoms with Gasteiger partial charge in [-0.05, 0) is 12.8 Å². The summed E-state index contributed by atoms with van der Waals surface area (Å²) in [4.78, 5) is 13.1. The van der Waals surface area contributed by atoms with Crippen molar-refractivity contribution in [1.29, 1.82) is 5.26 Å². The van der Waals surface area contributed by atoms with E-state index in [1.165, 1.54) is 0 Å². The van der Waals surface area contributed by atoms with Gasteiger partial charge in [-0.1, -0.05) is 20.3 Å². The summed E-state index contributed by atoms with van der Waals surface area (Å²) >= 11 is 0. The minimum absolute atomic E-state index is 0.116. The Morgan fingerprint density at radius 2 is 2.08 bits per heavy atom. The first-order valence-electron chi connectivity index (χ1n) is 4.91. The molecule has 74 valence electrons. The summed E-state index contributed by atoms with van der Waals surface area (Å²) in [6, 6.07) is 2.02. The number of nitriles is 1. The van der Waals surface area contributed by atoms with Crippen LogP contribution in [0.4, 0.5) is 0 Å². The highest BCUT2D eigenvalue weighted by Crippen LogP contribution is 2.01. The van der Waals surface area contributed by atoms with E-state index in [2.05, 4.69) is 6.92 Å². The molecule has 0 saturated heterocycles. The molecule has 1 amide bonds. The second-order valence-electron chi connectivity index (χ2n) is 3.08. The van der Waals surface area contributed by atoms with E-state index in [-0.39, 0.29) is 12.5 Å². The molecule has 0 aromatic heterocycles. The quantitative estimate of drug-likeness (QED) is 0.589. The van der Waals surface area contributed by atoms with E-state index in [0.717, 1.165) is 19.3 Å². The van der Waals surface area contributed by atoms with Gasteiger partial charge in [-0.25, -0.2) is 0 Å². The highest BCUT2D eigenvalue weighted by molar-refractivity contribution is 5.76. The summed E-state index contributed by atoms with van der Waals surface area (Å²) in [7, 11) is 0. The van der Waals surface area contributed by atoms with Crippen molar-refractivity contribution in [3.8, 4) is 6.07 Å². The molecule has 0 aromatic rings. The van der Waals surface area contributed by atoms with Crippen molar-refractivity contribution < 1.29 is 4.79 Å². The van der Waals surface area contributed by atoms with Crippen molar-refractivity contribution in [2.24, 2.45) is 0 Å². The zero-order chi connectivity index (χ0) is 10.1. The fraction of sp³-hybridized carbons (Fsp3) is 0.800. The first-order valence-corrected chi connectivity index (χ1v) is 4.91. The molecular weight excluding hydrogens is 164 g/mol. The summed E-state index contributed by atoms with van der Waals surface area (Å²) < 4.78 is 0. The third kappa shape index (κ3) is 5.24. The predicted molar refractivity (Wildman–Crippen MR) is 52.0 cm³/mol. The van der Waals surface area contributed by atoms with Crippen molar-refractivity contribution in [2.45, 2.75) is 39.5 Å². The van der Waals surface area contributed by atoms with Crippen LogP contribution < -0.4 is 0 Å². The van der Waals surface area contributed by atoms with Crippen LogP contribution in [0.15, 0.2) is 0 Å².